The highest BCUT2D eigenvalue weighted by atomic mass is 35.5. The molecule has 1 aromatic rings. The molecule has 0 saturated heterocycles. The molecule has 21 heavy (non-hydrogen) atoms. The molecule has 2 rings (SSSR count). The van der Waals surface area contributed by atoms with E-state index in [2.05, 4.69) is 24.8 Å². The van der Waals surface area contributed by atoms with Crippen LogP contribution in [0.2, 0.25) is 0 Å². The fraction of sp³-hybridized carbons (Fsp3) is 0.562. The minimum Gasteiger partial charge on any atom is -0.480 e. The Morgan fingerprint density at radius 3 is 2.33 bits per heavy atom. The van der Waals surface area contributed by atoms with Gasteiger partial charge in [-0.25, -0.2) is 0 Å². The monoisotopic (exact) mass is 329 g/mol. The number of hydrogen-bond donors (Lipinski definition) is 1. The molecule has 1 heterocycles. The van der Waals surface area contributed by atoms with Gasteiger partial charge in [-0.2, -0.15) is 0 Å². The van der Waals surface area contributed by atoms with Gasteiger partial charge in [0.15, 0.2) is 0 Å². The Hall–Kier alpha value is -0.710. The van der Waals surface area contributed by atoms with Crippen molar-refractivity contribution in [3.8, 4) is 0 Å². The quantitative estimate of drug-likeness (QED) is 0.894. The van der Waals surface area contributed by atoms with Crippen molar-refractivity contribution in [2.45, 2.75) is 36.2 Å². The molecular weight excluding hydrogens is 306 g/mol. The van der Waals surface area contributed by atoms with E-state index in [0.717, 1.165) is 24.1 Å². The van der Waals surface area contributed by atoms with Gasteiger partial charge in [0.05, 0.1) is 0 Å². The first-order chi connectivity index (χ1) is 9.29. The van der Waals surface area contributed by atoms with Crippen LogP contribution in [0.4, 0.5) is 0 Å². The summed E-state index contributed by atoms with van der Waals surface area (Å²) in [5, 5.41) is 9.87. The van der Waals surface area contributed by atoms with Crippen LogP contribution in [0, 0.1) is 0 Å². The van der Waals surface area contributed by atoms with E-state index in [0.29, 0.717) is 6.42 Å². The molecule has 0 aliphatic carbocycles. The summed E-state index contributed by atoms with van der Waals surface area (Å²) >= 11 is 1.59. The predicted octanol–water partition coefficient (Wildman–Crippen LogP) is 3.71. The Morgan fingerprint density at radius 2 is 1.81 bits per heavy atom. The van der Waals surface area contributed by atoms with Crippen LogP contribution in [0.15, 0.2) is 24.3 Å². The molecule has 0 aromatic heterocycles. The maximum Gasteiger partial charge on any atom is 0.324 e. The maximum atomic E-state index is 12.0. The molecule has 1 aromatic carbocycles. The molecule has 1 aliphatic rings. The Kier molecular flexibility index (Phi) is 5.76. The Labute approximate surface area is 137 Å². The van der Waals surface area contributed by atoms with Crippen LogP contribution in [0.25, 0.3) is 0 Å². The van der Waals surface area contributed by atoms with Crippen molar-refractivity contribution in [3.05, 3.63) is 35.4 Å². The van der Waals surface area contributed by atoms with Crippen molar-refractivity contribution in [2.75, 3.05) is 20.6 Å². The largest absolute Gasteiger partial charge is 0.480 e. The highest BCUT2D eigenvalue weighted by molar-refractivity contribution is 8.02. The SMILES string of the molecule is CN(C)CCCC1(C(=O)O)SC(C)(C)c2ccccc21.Cl. The second-order valence-electron chi connectivity index (χ2n) is 6.20. The molecule has 0 radical (unpaired) electrons. The molecule has 0 spiro atoms. The Balaban J connectivity index is 0.00000220. The van der Waals surface area contributed by atoms with E-state index in [9.17, 15) is 9.90 Å². The molecular formula is C16H24ClNO2S. The zero-order valence-electron chi connectivity index (χ0n) is 13.0. The van der Waals surface area contributed by atoms with Crippen LogP contribution in [0.1, 0.15) is 37.8 Å². The van der Waals surface area contributed by atoms with E-state index in [1.807, 2.05) is 32.3 Å². The lowest BCUT2D eigenvalue weighted by Crippen LogP contribution is -2.32. The van der Waals surface area contributed by atoms with Crippen molar-refractivity contribution in [2.24, 2.45) is 0 Å². The first kappa shape index (κ1) is 18.3. The average Bonchev–Trinajstić information content (AvgIpc) is 2.59. The number of fused-ring (bicyclic) bond motifs is 1. The highest BCUT2D eigenvalue weighted by Gasteiger charge is 2.53. The zero-order chi connectivity index (χ0) is 15.0. The summed E-state index contributed by atoms with van der Waals surface area (Å²) in [5.74, 6) is -0.709. The van der Waals surface area contributed by atoms with Gasteiger partial charge in [-0.3, -0.25) is 4.79 Å². The number of halogens is 1. The van der Waals surface area contributed by atoms with Gasteiger partial charge >= 0.3 is 5.97 Å². The van der Waals surface area contributed by atoms with Crippen LogP contribution in [0.3, 0.4) is 0 Å². The minimum absolute atomic E-state index is 0. The molecule has 5 heteroatoms. The molecule has 118 valence electrons. The van der Waals surface area contributed by atoms with Crippen molar-refractivity contribution in [1.29, 1.82) is 0 Å². The third kappa shape index (κ3) is 3.38. The van der Waals surface area contributed by atoms with Crippen molar-refractivity contribution < 1.29 is 9.90 Å². The first-order valence-corrected chi connectivity index (χ1v) is 7.79. The van der Waals surface area contributed by atoms with Crippen LogP contribution in [0.5, 0.6) is 0 Å². The second-order valence-corrected chi connectivity index (χ2v) is 8.12. The van der Waals surface area contributed by atoms with Crippen LogP contribution >= 0.6 is 24.2 Å². The van der Waals surface area contributed by atoms with E-state index in [-0.39, 0.29) is 17.2 Å². The van der Waals surface area contributed by atoms with Gasteiger partial charge in [0.2, 0.25) is 0 Å². The smallest absolute Gasteiger partial charge is 0.324 e. The Bertz CT molecular complexity index is 519. The van der Waals surface area contributed by atoms with Gasteiger partial charge in [0, 0.05) is 4.75 Å². The molecule has 1 atom stereocenters. The van der Waals surface area contributed by atoms with E-state index >= 15 is 0 Å². The molecule has 0 saturated carbocycles. The number of thioether (sulfide) groups is 1. The van der Waals surface area contributed by atoms with Gasteiger partial charge in [-0.05, 0) is 58.5 Å². The number of carbonyl (C=O) groups is 1. The fourth-order valence-corrected chi connectivity index (χ4v) is 4.78. The lowest BCUT2D eigenvalue weighted by atomic mass is 9.86. The third-order valence-corrected chi connectivity index (χ3v) is 5.60. The lowest BCUT2D eigenvalue weighted by Gasteiger charge is -2.27. The summed E-state index contributed by atoms with van der Waals surface area (Å²) in [6, 6.07) is 8.00. The standard InChI is InChI=1S/C16H23NO2S.ClH/c1-15(2)12-8-5-6-9-13(12)16(20-15,14(18)19)10-7-11-17(3)4;/h5-6,8-9H,7,10-11H2,1-4H3,(H,18,19);1H. The average molecular weight is 330 g/mol. The number of carboxylic acid groups (broad SMARTS) is 1. The highest BCUT2D eigenvalue weighted by Crippen LogP contribution is 2.59. The summed E-state index contributed by atoms with van der Waals surface area (Å²) in [5.41, 5.74) is 2.15. The predicted molar refractivity (Wildman–Crippen MR) is 91.4 cm³/mol. The second kappa shape index (κ2) is 6.59. The van der Waals surface area contributed by atoms with E-state index in [1.165, 1.54) is 0 Å². The zero-order valence-corrected chi connectivity index (χ0v) is 14.7. The summed E-state index contributed by atoms with van der Waals surface area (Å²) in [6.07, 6.45) is 1.56. The number of benzene rings is 1. The fourth-order valence-electron chi connectivity index (χ4n) is 3.00. The first-order valence-electron chi connectivity index (χ1n) is 6.98. The van der Waals surface area contributed by atoms with Crippen LogP contribution < -0.4 is 0 Å². The Morgan fingerprint density at radius 1 is 1.24 bits per heavy atom. The number of rotatable bonds is 5. The molecule has 1 unspecified atom stereocenters. The number of hydrogen-bond acceptors (Lipinski definition) is 3. The summed E-state index contributed by atoms with van der Waals surface area (Å²) < 4.78 is -0.941. The van der Waals surface area contributed by atoms with Crippen LogP contribution in [-0.2, 0) is 14.3 Å². The van der Waals surface area contributed by atoms with E-state index in [1.54, 1.807) is 11.8 Å². The summed E-state index contributed by atoms with van der Waals surface area (Å²) in [4.78, 5) is 14.1. The van der Waals surface area contributed by atoms with Gasteiger partial charge in [-0.1, -0.05) is 24.3 Å². The molecule has 1 N–H and O–H groups in total. The summed E-state index contributed by atoms with van der Waals surface area (Å²) in [7, 11) is 4.04. The number of nitrogens with zero attached hydrogens (tertiary/aromatic N) is 1. The van der Waals surface area contributed by atoms with E-state index < -0.39 is 10.7 Å². The van der Waals surface area contributed by atoms with Gasteiger partial charge < -0.3 is 10.0 Å². The van der Waals surface area contributed by atoms with Crippen molar-refractivity contribution >= 4 is 30.1 Å². The minimum atomic E-state index is -0.796. The summed E-state index contributed by atoms with van der Waals surface area (Å²) in [6.45, 7) is 5.15. The van der Waals surface area contributed by atoms with Gasteiger partial charge in [-0.15, -0.1) is 24.2 Å². The van der Waals surface area contributed by atoms with Crippen molar-refractivity contribution in [1.82, 2.24) is 4.90 Å². The molecule has 0 amide bonds. The third-order valence-electron chi connectivity index (χ3n) is 3.92. The lowest BCUT2D eigenvalue weighted by molar-refractivity contribution is -0.140. The topological polar surface area (TPSA) is 40.5 Å². The molecule has 1 aliphatic heterocycles. The molecule has 0 fully saturated rings. The number of aliphatic carboxylic acids is 1. The van der Waals surface area contributed by atoms with Gasteiger partial charge in [0.25, 0.3) is 0 Å². The van der Waals surface area contributed by atoms with E-state index in [4.69, 9.17) is 0 Å². The van der Waals surface area contributed by atoms with Gasteiger partial charge in [0.1, 0.15) is 4.75 Å². The normalized spacial score (nSPS) is 22.7. The number of carboxylic acids is 1. The maximum absolute atomic E-state index is 12.0. The molecule has 0 bridgehead atoms. The van der Waals surface area contributed by atoms with Crippen molar-refractivity contribution in [3.63, 3.8) is 0 Å². The molecule has 3 nitrogen and oxygen atoms in total. The van der Waals surface area contributed by atoms with Crippen LogP contribution in [-0.4, -0.2) is 36.6 Å².